The molecule has 0 radical (unpaired) electrons. The molecule has 1 saturated carbocycles. The second kappa shape index (κ2) is 5.13. The molecule has 0 bridgehead atoms. The number of rotatable bonds is 3. The van der Waals surface area contributed by atoms with Gasteiger partial charge in [0.2, 0.25) is 0 Å². The van der Waals surface area contributed by atoms with Crippen LogP contribution >= 0.6 is 0 Å². The lowest BCUT2D eigenvalue weighted by atomic mass is 9.72. The van der Waals surface area contributed by atoms with Crippen molar-refractivity contribution in [2.45, 2.75) is 38.5 Å². The van der Waals surface area contributed by atoms with E-state index in [-0.39, 0.29) is 10.9 Å². The Kier molecular flexibility index (Phi) is 3.46. The SMILES string of the molecule is NCC1(Cc2nc3c(F)cc(F)cc3[nH]2)CCCCC1. The normalized spacial score (nSPS) is 18.6. The highest BCUT2D eigenvalue weighted by molar-refractivity contribution is 5.75. The molecule has 0 aliphatic heterocycles. The molecule has 0 unspecified atom stereocenters. The molecule has 1 aromatic heterocycles. The quantitative estimate of drug-likeness (QED) is 0.905. The van der Waals surface area contributed by atoms with Crippen molar-refractivity contribution in [2.24, 2.45) is 11.1 Å². The number of benzene rings is 1. The number of hydrogen-bond donors (Lipinski definition) is 2. The van der Waals surface area contributed by atoms with Gasteiger partial charge in [-0.2, -0.15) is 0 Å². The van der Waals surface area contributed by atoms with Gasteiger partial charge in [0.25, 0.3) is 0 Å². The summed E-state index contributed by atoms with van der Waals surface area (Å²) in [6.45, 7) is 0.612. The van der Waals surface area contributed by atoms with Gasteiger partial charge in [-0.15, -0.1) is 0 Å². The molecule has 20 heavy (non-hydrogen) atoms. The Balaban J connectivity index is 1.92. The van der Waals surface area contributed by atoms with Crippen LogP contribution in [0.4, 0.5) is 8.78 Å². The van der Waals surface area contributed by atoms with Crippen LogP contribution in [-0.2, 0) is 6.42 Å². The number of fused-ring (bicyclic) bond motifs is 1. The average molecular weight is 279 g/mol. The summed E-state index contributed by atoms with van der Waals surface area (Å²) >= 11 is 0. The molecule has 3 nitrogen and oxygen atoms in total. The van der Waals surface area contributed by atoms with Gasteiger partial charge in [0, 0.05) is 12.5 Å². The summed E-state index contributed by atoms with van der Waals surface area (Å²) in [6.07, 6.45) is 6.48. The van der Waals surface area contributed by atoms with E-state index in [1.807, 2.05) is 0 Å². The van der Waals surface area contributed by atoms with Crippen LogP contribution in [0.25, 0.3) is 11.0 Å². The summed E-state index contributed by atoms with van der Waals surface area (Å²) in [4.78, 5) is 7.32. The summed E-state index contributed by atoms with van der Waals surface area (Å²) in [7, 11) is 0. The molecule has 1 fully saturated rings. The molecule has 0 amide bonds. The Morgan fingerprint density at radius 2 is 1.95 bits per heavy atom. The molecule has 1 heterocycles. The van der Waals surface area contributed by atoms with Crippen molar-refractivity contribution < 1.29 is 8.78 Å². The van der Waals surface area contributed by atoms with Gasteiger partial charge in [-0.25, -0.2) is 13.8 Å². The van der Waals surface area contributed by atoms with E-state index >= 15 is 0 Å². The van der Waals surface area contributed by atoms with Crippen LogP contribution in [0.15, 0.2) is 12.1 Å². The van der Waals surface area contributed by atoms with Gasteiger partial charge in [-0.05, 0) is 30.9 Å². The molecule has 2 aromatic rings. The molecular formula is C15H19F2N3. The number of hydrogen-bond acceptors (Lipinski definition) is 2. The Hall–Kier alpha value is -1.49. The molecule has 3 rings (SSSR count). The number of nitrogens with two attached hydrogens (primary N) is 1. The second-order valence-electron chi connectivity index (χ2n) is 5.91. The largest absolute Gasteiger partial charge is 0.342 e. The van der Waals surface area contributed by atoms with Crippen molar-refractivity contribution in [3.63, 3.8) is 0 Å². The van der Waals surface area contributed by atoms with Crippen LogP contribution in [0, 0.1) is 17.0 Å². The van der Waals surface area contributed by atoms with E-state index in [1.54, 1.807) is 0 Å². The molecule has 108 valence electrons. The number of aromatic nitrogens is 2. The fraction of sp³-hybridized carbons (Fsp3) is 0.533. The third-order valence-electron chi connectivity index (χ3n) is 4.44. The zero-order chi connectivity index (χ0) is 14.2. The van der Waals surface area contributed by atoms with Crippen molar-refractivity contribution in [3.8, 4) is 0 Å². The standard InChI is InChI=1S/C15H19F2N3/c16-10-6-11(17)14-12(7-10)19-13(20-14)8-15(9-18)4-2-1-3-5-15/h6-7H,1-5,8-9,18H2,(H,19,20). The zero-order valence-corrected chi connectivity index (χ0v) is 11.4. The first-order valence-corrected chi connectivity index (χ1v) is 7.16. The molecular weight excluding hydrogens is 260 g/mol. The van der Waals surface area contributed by atoms with Crippen LogP contribution < -0.4 is 5.73 Å². The first kappa shape index (κ1) is 13.5. The van der Waals surface area contributed by atoms with Crippen LogP contribution in [-0.4, -0.2) is 16.5 Å². The lowest BCUT2D eigenvalue weighted by Gasteiger charge is -2.35. The van der Waals surface area contributed by atoms with E-state index in [9.17, 15) is 8.78 Å². The van der Waals surface area contributed by atoms with Crippen LogP contribution in [0.1, 0.15) is 37.9 Å². The molecule has 0 saturated heterocycles. The monoisotopic (exact) mass is 279 g/mol. The van der Waals surface area contributed by atoms with E-state index in [4.69, 9.17) is 5.73 Å². The second-order valence-corrected chi connectivity index (χ2v) is 5.91. The molecule has 0 spiro atoms. The molecule has 1 aliphatic carbocycles. The average Bonchev–Trinajstić information content (AvgIpc) is 2.82. The fourth-order valence-corrected chi connectivity index (χ4v) is 3.29. The zero-order valence-electron chi connectivity index (χ0n) is 11.4. The molecule has 1 aliphatic rings. The number of nitrogens with zero attached hydrogens (tertiary/aromatic N) is 1. The highest BCUT2D eigenvalue weighted by atomic mass is 19.1. The number of aromatic amines is 1. The summed E-state index contributed by atoms with van der Waals surface area (Å²) in [6, 6.07) is 2.15. The van der Waals surface area contributed by atoms with Gasteiger partial charge in [-0.3, -0.25) is 0 Å². The minimum Gasteiger partial charge on any atom is -0.342 e. The molecule has 1 aromatic carbocycles. The van der Waals surface area contributed by atoms with Crippen LogP contribution in [0.3, 0.4) is 0 Å². The lowest BCUT2D eigenvalue weighted by molar-refractivity contribution is 0.194. The van der Waals surface area contributed by atoms with E-state index in [0.29, 0.717) is 24.3 Å². The lowest BCUT2D eigenvalue weighted by Crippen LogP contribution is -2.35. The van der Waals surface area contributed by atoms with Gasteiger partial charge >= 0.3 is 0 Å². The first-order chi connectivity index (χ1) is 9.62. The van der Waals surface area contributed by atoms with Crippen molar-refractivity contribution in [3.05, 3.63) is 29.6 Å². The van der Waals surface area contributed by atoms with Crippen LogP contribution in [0.5, 0.6) is 0 Å². The number of H-pyrrole nitrogens is 1. The van der Waals surface area contributed by atoms with Gasteiger partial charge in [0.1, 0.15) is 17.2 Å². The third kappa shape index (κ3) is 2.42. The van der Waals surface area contributed by atoms with Gasteiger partial charge < -0.3 is 10.7 Å². The van der Waals surface area contributed by atoms with Crippen LogP contribution in [0.2, 0.25) is 0 Å². The Bertz CT molecular complexity index is 615. The van der Waals surface area contributed by atoms with E-state index in [1.165, 1.54) is 25.3 Å². The minimum atomic E-state index is -0.618. The molecule has 3 N–H and O–H groups in total. The predicted octanol–water partition coefficient (Wildman–Crippen LogP) is 3.29. The Morgan fingerprint density at radius 1 is 1.20 bits per heavy atom. The predicted molar refractivity (Wildman–Crippen MR) is 74.3 cm³/mol. The molecule has 0 atom stereocenters. The minimum absolute atomic E-state index is 0.0567. The molecule has 5 heteroatoms. The highest BCUT2D eigenvalue weighted by Crippen LogP contribution is 2.38. The van der Waals surface area contributed by atoms with Gasteiger partial charge in [0.15, 0.2) is 5.82 Å². The van der Waals surface area contributed by atoms with Crippen molar-refractivity contribution in [2.75, 3.05) is 6.54 Å². The summed E-state index contributed by atoms with van der Waals surface area (Å²) in [5.41, 5.74) is 6.64. The number of nitrogens with one attached hydrogen (secondary N) is 1. The maximum atomic E-state index is 13.7. The summed E-state index contributed by atoms with van der Waals surface area (Å²) < 4.78 is 26.9. The topological polar surface area (TPSA) is 54.7 Å². The van der Waals surface area contributed by atoms with Crippen molar-refractivity contribution >= 4 is 11.0 Å². The highest BCUT2D eigenvalue weighted by Gasteiger charge is 2.32. The number of halogens is 2. The Morgan fingerprint density at radius 3 is 2.65 bits per heavy atom. The van der Waals surface area contributed by atoms with E-state index in [2.05, 4.69) is 9.97 Å². The first-order valence-electron chi connectivity index (χ1n) is 7.16. The summed E-state index contributed by atoms with van der Waals surface area (Å²) in [5.74, 6) is -0.499. The van der Waals surface area contributed by atoms with Crippen molar-refractivity contribution in [1.29, 1.82) is 0 Å². The smallest absolute Gasteiger partial charge is 0.153 e. The Labute approximate surface area is 116 Å². The van der Waals surface area contributed by atoms with Crippen molar-refractivity contribution in [1.82, 2.24) is 9.97 Å². The summed E-state index contributed by atoms with van der Waals surface area (Å²) in [5, 5.41) is 0. The third-order valence-corrected chi connectivity index (χ3v) is 4.44. The fourth-order valence-electron chi connectivity index (χ4n) is 3.29. The van der Waals surface area contributed by atoms with Gasteiger partial charge in [-0.1, -0.05) is 19.3 Å². The number of imidazole rings is 1. The maximum Gasteiger partial charge on any atom is 0.153 e. The van der Waals surface area contributed by atoms with Gasteiger partial charge in [0.05, 0.1) is 5.52 Å². The maximum absolute atomic E-state index is 13.7. The van der Waals surface area contributed by atoms with E-state index < -0.39 is 11.6 Å². The van der Waals surface area contributed by atoms with E-state index in [0.717, 1.165) is 18.9 Å².